The van der Waals surface area contributed by atoms with Gasteiger partial charge in [-0.05, 0) is 78.5 Å². The summed E-state index contributed by atoms with van der Waals surface area (Å²) in [5.41, 5.74) is 13.7. The van der Waals surface area contributed by atoms with Crippen LogP contribution in [0, 0.1) is 5.41 Å². The average molecular weight is 403 g/mol. The molecule has 1 atom stereocenters. The van der Waals surface area contributed by atoms with E-state index in [2.05, 4.69) is 43.0 Å². The Morgan fingerprint density at radius 2 is 1.93 bits per heavy atom. The molecule has 30 heavy (non-hydrogen) atoms. The molecule has 1 fully saturated rings. The number of allylic oxidation sites excluding steroid dienone is 2. The minimum atomic E-state index is 0.155. The molecule has 1 aromatic carbocycles. The predicted molar refractivity (Wildman–Crippen MR) is 124 cm³/mol. The molecule has 4 heteroatoms. The smallest absolute Gasteiger partial charge is 0.147 e. The average Bonchev–Trinajstić information content (AvgIpc) is 3.05. The van der Waals surface area contributed by atoms with Gasteiger partial charge in [0.05, 0.1) is 18.1 Å². The highest BCUT2D eigenvalue weighted by molar-refractivity contribution is 5.63. The molecule has 0 radical (unpaired) electrons. The molecule has 1 spiro atoms. The number of hydrogen-bond acceptors (Lipinski definition) is 4. The minimum Gasteiger partial charge on any atom is -0.355 e. The molecule has 3 aliphatic rings. The second-order valence-electron chi connectivity index (χ2n) is 9.85. The summed E-state index contributed by atoms with van der Waals surface area (Å²) in [7, 11) is 0. The van der Waals surface area contributed by atoms with Gasteiger partial charge in [0.15, 0.2) is 0 Å². The Bertz CT molecular complexity index is 936. The highest BCUT2D eigenvalue weighted by Gasteiger charge is 2.46. The number of nitrogens with two attached hydrogens (primary N) is 1. The molecule has 1 saturated heterocycles. The van der Waals surface area contributed by atoms with Gasteiger partial charge in [-0.2, -0.15) is 0 Å². The lowest BCUT2D eigenvalue weighted by molar-refractivity contribution is 0.187. The first-order chi connectivity index (χ1) is 14.6. The largest absolute Gasteiger partial charge is 0.355 e. The molecule has 1 aliphatic heterocycles. The van der Waals surface area contributed by atoms with E-state index >= 15 is 0 Å². The summed E-state index contributed by atoms with van der Waals surface area (Å²) in [5, 5.41) is 0. The highest BCUT2D eigenvalue weighted by Crippen LogP contribution is 2.51. The van der Waals surface area contributed by atoms with Crippen molar-refractivity contribution in [1.29, 1.82) is 0 Å². The van der Waals surface area contributed by atoms with Crippen molar-refractivity contribution in [1.82, 2.24) is 9.97 Å². The summed E-state index contributed by atoms with van der Waals surface area (Å²) >= 11 is 0. The zero-order valence-corrected chi connectivity index (χ0v) is 18.4. The fourth-order valence-corrected chi connectivity index (χ4v) is 5.65. The van der Waals surface area contributed by atoms with Crippen LogP contribution in [0.5, 0.6) is 0 Å². The van der Waals surface area contributed by atoms with E-state index < -0.39 is 0 Å². The molecule has 0 bridgehead atoms. The van der Waals surface area contributed by atoms with Crippen LogP contribution in [0.3, 0.4) is 0 Å². The summed E-state index contributed by atoms with van der Waals surface area (Å²) in [5.74, 6) is 1.58. The quantitative estimate of drug-likeness (QED) is 0.747. The molecule has 0 amide bonds. The number of fused-ring (bicyclic) bond motifs is 1. The predicted octanol–water partition coefficient (Wildman–Crippen LogP) is 5.40. The van der Waals surface area contributed by atoms with Gasteiger partial charge in [0.25, 0.3) is 0 Å². The molecule has 0 unspecified atom stereocenters. The van der Waals surface area contributed by atoms with Crippen molar-refractivity contribution in [2.45, 2.75) is 70.8 Å². The summed E-state index contributed by atoms with van der Waals surface area (Å²) < 4.78 is 0. The second kappa shape index (κ2) is 7.81. The third kappa shape index (κ3) is 3.45. The van der Waals surface area contributed by atoms with Crippen molar-refractivity contribution in [2.24, 2.45) is 11.1 Å². The number of piperidine rings is 1. The standard InChI is InChI=1S/C26H34N4/c1-18(2)20-8-9-22-21(14-20)15-26(25(22)27)10-12-30(13-11-26)24-17-28-23(16-29-24)19-6-4-3-5-7-19/h6,8-9,14,16-18,25H,3-5,7,10-13,15,27H2,1-2H3/t25-/m1/s1. The molecule has 158 valence electrons. The summed E-state index contributed by atoms with van der Waals surface area (Å²) in [6.45, 7) is 6.55. The van der Waals surface area contributed by atoms with Gasteiger partial charge in [-0.15, -0.1) is 0 Å². The number of anilines is 1. The van der Waals surface area contributed by atoms with Crippen LogP contribution in [0.15, 0.2) is 36.7 Å². The Morgan fingerprint density at radius 3 is 2.60 bits per heavy atom. The Labute approximate surface area is 180 Å². The van der Waals surface area contributed by atoms with Crippen molar-refractivity contribution < 1.29 is 0 Å². The number of benzene rings is 1. The molecule has 1 aromatic heterocycles. The Morgan fingerprint density at radius 1 is 1.10 bits per heavy atom. The van der Waals surface area contributed by atoms with E-state index in [1.165, 1.54) is 41.5 Å². The zero-order valence-electron chi connectivity index (χ0n) is 18.4. The maximum Gasteiger partial charge on any atom is 0.147 e. The fraction of sp³-hybridized carbons (Fsp3) is 0.538. The van der Waals surface area contributed by atoms with Gasteiger partial charge in [-0.3, -0.25) is 4.98 Å². The first-order valence-electron chi connectivity index (χ1n) is 11.7. The zero-order chi connectivity index (χ0) is 20.7. The van der Waals surface area contributed by atoms with Gasteiger partial charge in [0, 0.05) is 19.1 Å². The summed E-state index contributed by atoms with van der Waals surface area (Å²) in [6, 6.07) is 7.13. The molecule has 2 N–H and O–H groups in total. The van der Waals surface area contributed by atoms with Gasteiger partial charge in [0.2, 0.25) is 0 Å². The summed E-state index contributed by atoms with van der Waals surface area (Å²) in [6.07, 6.45) is 14.5. The molecule has 2 aromatic rings. The lowest BCUT2D eigenvalue weighted by Gasteiger charge is -2.42. The second-order valence-corrected chi connectivity index (χ2v) is 9.85. The van der Waals surface area contributed by atoms with Crippen molar-refractivity contribution in [3.8, 4) is 0 Å². The number of aromatic nitrogens is 2. The first-order valence-corrected chi connectivity index (χ1v) is 11.7. The topological polar surface area (TPSA) is 55.0 Å². The molecule has 2 aliphatic carbocycles. The van der Waals surface area contributed by atoms with Gasteiger partial charge in [-0.25, -0.2) is 4.98 Å². The molecule has 5 rings (SSSR count). The van der Waals surface area contributed by atoms with Crippen molar-refractivity contribution >= 4 is 11.4 Å². The maximum atomic E-state index is 6.82. The van der Waals surface area contributed by atoms with E-state index in [9.17, 15) is 0 Å². The molecular formula is C26H34N4. The third-order valence-electron chi connectivity index (χ3n) is 7.71. The van der Waals surface area contributed by atoms with E-state index in [4.69, 9.17) is 15.7 Å². The normalized spacial score (nSPS) is 23.0. The molecule has 4 nitrogen and oxygen atoms in total. The molecule has 0 saturated carbocycles. The van der Waals surface area contributed by atoms with Crippen LogP contribution in [0.1, 0.15) is 86.7 Å². The summed E-state index contributed by atoms with van der Waals surface area (Å²) in [4.78, 5) is 11.9. The van der Waals surface area contributed by atoms with Gasteiger partial charge >= 0.3 is 0 Å². The van der Waals surface area contributed by atoms with Crippen LogP contribution in [-0.4, -0.2) is 23.1 Å². The van der Waals surface area contributed by atoms with E-state index in [-0.39, 0.29) is 11.5 Å². The molecule has 2 heterocycles. The van der Waals surface area contributed by atoms with Crippen molar-refractivity contribution in [2.75, 3.05) is 18.0 Å². The van der Waals surface area contributed by atoms with Crippen LogP contribution < -0.4 is 10.6 Å². The fourth-order valence-electron chi connectivity index (χ4n) is 5.65. The lowest BCUT2D eigenvalue weighted by Crippen LogP contribution is -2.44. The highest BCUT2D eigenvalue weighted by atomic mass is 15.2. The van der Waals surface area contributed by atoms with Gasteiger partial charge in [-0.1, -0.05) is 38.1 Å². The lowest BCUT2D eigenvalue weighted by atomic mass is 9.73. The van der Waals surface area contributed by atoms with Crippen molar-refractivity contribution in [3.05, 3.63) is 59.1 Å². The van der Waals surface area contributed by atoms with Crippen molar-refractivity contribution in [3.63, 3.8) is 0 Å². The Balaban J connectivity index is 1.28. The Hall–Kier alpha value is -2.20. The number of nitrogens with zero attached hydrogens (tertiary/aromatic N) is 3. The third-order valence-corrected chi connectivity index (χ3v) is 7.71. The molecular weight excluding hydrogens is 368 g/mol. The SMILES string of the molecule is CC(C)c1ccc2c(c1)CC1(CCN(c3cnc(C4=CCCCC4)cn3)CC1)[C@@H]2N. The van der Waals surface area contributed by atoms with E-state index in [0.29, 0.717) is 5.92 Å². The van der Waals surface area contributed by atoms with E-state index in [0.717, 1.165) is 50.3 Å². The number of hydrogen-bond donors (Lipinski definition) is 1. The van der Waals surface area contributed by atoms with Crippen LogP contribution in [0.2, 0.25) is 0 Å². The van der Waals surface area contributed by atoms with Crippen LogP contribution in [0.4, 0.5) is 5.82 Å². The minimum absolute atomic E-state index is 0.155. The van der Waals surface area contributed by atoms with Crippen LogP contribution in [0.25, 0.3) is 5.57 Å². The van der Waals surface area contributed by atoms with E-state index in [1.807, 2.05) is 12.4 Å². The van der Waals surface area contributed by atoms with E-state index in [1.54, 1.807) is 0 Å². The maximum absolute atomic E-state index is 6.82. The van der Waals surface area contributed by atoms with Gasteiger partial charge < -0.3 is 10.6 Å². The first kappa shape index (κ1) is 19.7. The number of rotatable bonds is 3. The van der Waals surface area contributed by atoms with Crippen LogP contribution in [-0.2, 0) is 6.42 Å². The van der Waals surface area contributed by atoms with Gasteiger partial charge in [0.1, 0.15) is 5.82 Å². The van der Waals surface area contributed by atoms with Crippen LogP contribution >= 0.6 is 0 Å². The monoisotopic (exact) mass is 402 g/mol. The Kier molecular flexibility index (Phi) is 5.14.